The fourth-order valence-corrected chi connectivity index (χ4v) is 7.01. The number of benzene rings is 2. The van der Waals surface area contributed by atoms with E-state index < -0.39 is 27.5 Å². The number of sulfonamides is 1. The molecule has 2 amide bonds. The molecule has 3 rings (SSSR count). The third kappa shape index (κ3) is 6.65. The number of carbonyl (C=O) groups excluding carboxylic acids is 2. The molecule has 0 saturated carbocycles. The van der Waals surface area contributed by atoms with Crippen molar-refractivity contribution in [1.29, 1.82) is 0 Å². The van der Waals surface area contributed by atoms with Crippen LogP contribution in [0, 0.1) is 5.92 Å². The van der Waals surface area contributed by atoms with E-state index in [0.717, 1.165) is 5.56 Å². The Labute approximate surface area is 230 Å². The number of amidine groups is 1. The zero-order chi connectivity index (χ0) is 28.1. The molecule has 0 spiro atoms. The minimum atomic E-state index is -3.72. The lowest BCUT2D eigenvalue weighted by atomic mass is 9.98. The molecule has 1 N–H and O–H groups in total. The minimum absolute atomic E-state index is 0.0497. The molecular weight excluding hydrogens is 520 g/mol. The van der Waals surface area contributed by atoms with Gasteiger partial charge in [-0.05, 0) is 43.5 Å². The van der Waals surface area contributed by atoms with Crippen LogP contribution in [0.4, 0.5) is 0 Å². The second-order valence-corrected chi connectivity index (χ2v) is 13.1. The van der Waals surface area contributed by atoms with Crippen molar-refractivity contribution in [3.8, 4) is 0 Å². The summed E-state index contributed by atoms with van der Waals surface area (Å²) in [5.41, 5.74) is 0.753. The second kappa shape index (κ2) is 12.4. The van der Waals surface area contributed by atoms with E-state index in [0.29, 0.717) is 30.6 Å². The molecule has 10 heteroatoms. The smallest absolute Gasteiger partial charge is 0.251 e. The van der Waals surface area contributed by atoms with Crippen LogP contribution in [0.3, 0.4) is 0 Å². The van der Waals surface area contributed by atoms with Crippen LogP contribution in [0.15, 0.2) is 64.5 Å². The van der Waals surface area contributed by atoms with E-state index in [1.54, 1.807) is 30.9 Å². The molecule has 0 bridgehead atoms. The maximum atomic E-state index is 13.9. The third-order valence-electron chi connectivity index (χ3n) is 6.47. The van der Waals surface area contributed by atoms with Crippen LogP contribution in [0.25, 0.3) is 0 Å². The fourth-order valence-electron chi connectivity index (χ4n) is 4.27. The Kier molecular flexibility index (Phi) is 9.78. The number of hydrogen-bond donors (Lipinski definition) is 1. The number of nitrogens with one attached hydrogen (secondary N) is 1. The van der Waals surface area contributed by atoms with Crippen molar-refractivity contribution in [3.05, 3.63) is 65.7 Å². The van der Waals surface area contributed by atoms with Crippen LogP contribution in [0.1, 0.15) is 57.5 Å². The van der Waals surface area contributed by atoms with Gasteiger partial charge in [-0.3, -0.25) is 19.5 Å². The lowest BCUT2D eigenvalue weighted by molar-refractivity contribution is -0.133. The van der Waals surface area contributed by atoms with Crippen LogP contribution < -0.4 is 5.32 Å². The van der Waals surface area contributed by atoms with Gasteiger partial charge in [0.25, 0.3) is 11.8 Å². The lowest BCUT2D eigenvalue weighted by Crippen LogP contribution is -2.56. The van der Waals surface area contributed by atoms with Crippen LogP contribution in [-0.2, 0) is 21.4 Å². The highest BCUT2D eigenvalue weighted by atomic mass is 32.2. The summed E-state index contributed by atoms with van der Waals surface area (Å²) in [6.07, 6.45) is 0. The van der Waals surface area contributed by atoms with Gasteiger partial charge in [-0.2, -0.15) is 4.31 Å². The predicted molar refractivity (Wildman–Crippen MR) is 154 cm³/mol. The Hall–Kier alpha value is -2.69. The average molecular weight is 559 g/mol. The Morgan fingerprint density at radius 2 is 1.74 bits per heavy atom. The van der Waals surface area contributed by atoms with Crippen molar-refractivity contribution >= 4 is 38.8 Å². The maximum Gasteiger partial charge on any atom is 0.251 e. The highest BCUT2D eigenvalue weighted by Gasteiger charge is 2.44. The monoisotopic (exact) mass is 558 g/mol. The summed E-state index contributed by atoms with van der Waals surface area (Å²) in [6.45, 7) is 12.4. The van der Waals surface area contributed by atoms with Gasteiger partial charge in [0, 0.05) is 24.4 Å². The summed E-state index contributed by atoms with van der Waals surface area (Å²) in [5, 5.41) is 3.51. The van der Waals surface area contributed by atoms with Crippen molar-refractivity contribution < 1.29 is 18.0 Å². The van der Waals surface area contributed by atoms with Crippen LogP contribution in [0.2, 0.25) is 0 Å². The third-order valence-corrected chi connectivity index (χ3v) is 9.94. The van der Waals surface area contributed by atoms with Crippen molar-refractivity contribution in [2.75, 3.05) is 18.8 Å². The highest BCUT2D eigenvalue weighted by molar-refractivity contribution is 8.14. The Bertz CT molecular complexity index is 1270. The van der Waals surface area contributed by atoms with Gasteiger partial charge in [-0.1, -0.05) is 75.9 Å². The molecule has 0 unspecified atom stereocenters. The van der Waals surface area contributed by atoms with E-state index in [1.165, 1.54) is 28.2 Å². The van der Waals surface area contributed by atoms with Crippen LogP contribution in [0.5, 0.6) is 0 Å². The lowest BCUT2D eigenvalue weighted by Gasteiger charge is -2.35. The Morgan fingerprint density at radius 3 is 2.34 bits per heavy atom. The molecule has 206 valence electrons. The van der Waals surface area contributed by atoms with Gasteiger partial charge in [-0.15, -0.1) is 0 Å². The first-order chi connectivity index (χ1) is 17.9. The fraction of sp³-hybridized carbons (Fsp3) is 0.464. The molecule has 8 nitrogen and oxygen atoms in total. The molecule has 1 heterocycles. The Balaban J connectivity index is 1.85. The average Bonchev–Trinajstić information content (AvgIpc) is 3.20. The molecule has 1 aliphatic heterocycles. The van der Waals surface area contributed by atoms with Crippen molar-refractivity contribution in [3.63, 3.8) is 0 Å². The molecule has 0 aromatic heterocycles. The summed E-state index contributed by atoms with van der Waals surface area (Å²) >= 11 is 1.53. The van der Waals surface area contributed by atoms with Gasteiger partial charge in [0.15, 0.2) is 5.17 Å². The van der Waals surface area contributed by atoms with E-state index in [4.69, 9.17) is 4.99 Å². The Morgan fingerprint density at radius 1 is 1.08 bits per heavy atom. The largest absolute Gasteiger partial charge is 0.340 e. The quantitative estimate of drug-likeness (QED) is 0.467. The standard InChI is InChI=1S/C28H38N4O4S2/c1-7-31(8-2)38(35,36)23-16-12-15-22(17-23)25(33)30-24(20(3)4)26(34)32-27(37-19-28(32,5)6)29-18-21-13-10-9-11-14-21/h9-17,20,24H,7-8,18-19H2,1-6H3,(H,30,33)/t24-/m0/s1. The summed E-state index contributed by atoms with van der Waals surface area (Å²) in [4.78, 5) is 33.7. The van der Waals surface area contributed by atoms with E-state index >= 15 is 0 Å². The number of nitrogens with zero attached hydrogens (tertiary/aromatic N) is 3. The minimum Gasteiger partial charge on any atom is -0.340 e. The van der Waals surface area contributed by atoms with Gasteiger partial charge < -0.3 is 5.32 Å². The van der Waals surface area contributed by atoms with E-state index in [2.05, 4.69) is 5.32 Å². The van der Waals surface area contributed by atoms with Gasteiger partial charge in [-0.25, -0.2) is 8.42 Å². The van der Waals surface area contributed by atoms with Gasteiger partial charge >= 0.3 is 0 Å². The molecule has 1 fully saturated rings. The number of rotatable bonds is 10. The number of thioether (sulfide) groups is 1. The van der Waals surface area contributed by atoms with Crippen molar-refractivity contribution in [2.24, 2.45) is 10.9 Å². The van der Waals surface area contributed by atoms with Crippen LogP contribution in [-0.4, -0.2) is 65.0 Å². The van der Waals surface area contributed by atoms with E-state index in [1.807, 2.05) is 58.0 Å². The van der Waals surface area contributed by atoms with Crippen LogP contribution >= 0.6 is 11.8 Å². The zero-order valence-corrected chi connectivity index (χ0v) is 24.6. The topological polar surface area (TPSA) is 99.2 Å². The van der Waals surface area contributed by atoms with E-state index in [-0.39, 0.29) is 22.3 Å². The molecule has 0 radical (unpaired) electrons. The summed E-state index contributed by atoms with van der Waals surface area (Å²) < 4.78 is 27.3. The summed E-state index contributed by atoms with van der Waals surface area (Å²) in [6, 6.07) is 15.0. The number of aliphatic imine (C=N–C) groups is 1. The second-order valence-electron chi connectivity index (χ2n) is 10.2. The van der Waals surface area contributed by atoms with Crippen molar-refractivity contribution in [2.45, 2.75) is 64.6 Å². The highest BCUT2D eigenvalue weighted by Crippen LogP contribution is 2.34. The number of hydrogen-bond acceptors (Lipinski definition) is 6. The molecule has 1 aliphatic rings. The SMILES string of the molecule is CCN(CC)S(=O)(=O)c1cccc(C(=O)N[C@H](C(=O)N2C(=NCc3ccccc3)SCC2(C)C)C(C)C)c1. The number of carbonyl (C=O) groups is 2. The maximum absolute atomic E-state index is 13.9. The first-order valence-electron chi connectivity index (χ1n) is 12.9. The number of amides is 2. The summed E-state index contributed by atoms with van der Waals surface area (Å²) in [5.74, 6) is -0.245. The first kappa shape index (κ1) is 29.9. The molecule has 1 atom stereocenters. The van der Waals surface area contributed by atoms with Gasteiger partial charge in [0.05, 0.1) is 17.0 Å². The zero-order valence-electron chi connectivity index (χ0n) is 23.0. The normalized spacial score (nSPS) is 17.3. The molecular formula is C28H38N4O4S2. The van der Waals surface area contributed by atoms with Crippen molar-refractivity contribution in [1.82, 2.24) is 14.5 Å². The molecule has 1 saturated heterocycles. The molecule has 0 aliphatic carbocycles. The van der Waals surface area contributed by atoms with E-state index in [9.17, 15) is 18.0 Å². The van der Waals surface area contributed by atoms with Gasteiger partial charge in [0.1, 0.15) is 6.04 Å². The first-order valence-corrected chi connectivity index (χ1v) is 15.3. The van der Waals surface area contributed by atoms with Gasteiger partial charge in [0.2, 0.25) is 10.0 Å². The molecule has 2 aromatic carbocycles. The molecule has 38 heavy (non-hydrogen) atoms. The summed E-state index contributed by atoms with van der Waals surface area (Å²) in [7, 11) is -3.72. The predicted octanol–water partition coefficient (Wildman–Crippen LogP) is 4.38. The molecule has 2 aromatic rings.